The van der Waals surface area contributed by atoms with Crippen molar-refractivity contribution >= 4 is 5.97 Å². The number of hydrogen-bond donors (Lipinski definition) is 2. The van der Waals surface area contributed by atoms with Crippen LogP contribution in [0.3, 0.4) is 0 Å². The number of carboxylic acids is 1. The van der Waals surface area contributed by atoms with Gasteiger partial charge in [0.25, 0.3) is 0 Å². The minimum absolute atomic E-state index is 0.585. The molecule has 3 heteroatoms. The molecule has 0 aromatic rings. The molecule has 1 atom stereocenters. The van der Waals surface area contributed by atoms with Crippen LogP contribution in [-0.2, 0) is 4.79 Å². The van der Waals surface area contributed by atoms with Gasteiger partial charge in [0.15, 0.2) is 5.60 Å². The Balaban J connectivity index is 4.49. The monoisotopic (exact) mass is 186 g/mol. The molecule has 0 bridgehead atoms. The highest BCUT2D eigenvalue weighted by Crippen LogP contribution is 2.22. The zero-order valence-corrected chi connectivity index (χ0v) is 8.50. The maximum absolute atomic E-state index is 10.7. The molecule has 0 fully saturated rings. The third-order valence-electron chi connectivity index (χ3n) is 2.19. The van der Waals surface area contributed by atoms with Crippen LogP contribution in [0.4, 0.5) is 0 Å². The van der Waals surface area contributed by atoms with Crippen molar-refractivity contribution < 1.29 is 15.0 Å². The molecule has 76 valence electrons. The van der Waals surface area contributed by atoms with Crippen LogP contribution in [0.1, 0.15) is 40.0 Å². The summed E-state index contributed by atoms with van der Waals surface area (Å²) >= 11 is 0. The van der Waals surface area contributed by atoms with Gasteiger partial charge in [-0.25, -0.2) is 4.79 Å². The zero-order chi connectivity index (χ0) is 10.5. The Kier molecular flexibility index (Phi) is 4.70. The van der Waals surface area contributed by atoms with Crippen LogP contribution in [0.5, 0.6) is 0 Å². The fourth-order valence-corrected chi connectivity index (χ4v) is 1.17. The predicted octanol–water partition coefficient (Wildman–Crippen LogP) is 1.96. The van der Waals surface area contributed by atoms with Gasteiger partial charge in [-0.15, -0.1) is 0 Å². The van der Waals surface area contributed by atoms with E-state index in [-0.39, 0.29) is 0 Å². The van der Waals surface area contributed by atoms with Gasteiger partial charge >= 0.3 is 5.97 Å². The van der Waals surface area contributed by atoms with Gasteiger partial charge in [0.05, 0.1) is 0 Å². The summed E-state index contributed by atoms with van der Waals surface area (Å²) in [5, 5.41) is 18.4. The maximum Gasteiger partial charge on any atom is 0.339 e. The van der Waals surface area contributed by atoms with Gasteiger partial charge in [-0.3, -0.25) is 0 Å². The highest BCUT2D eigenvalue weighted by Gasteiger charge is 2.33. The lowest BCUT2D eigenvalue weighted by atomic mass is 9.91. The molecule has 13 heavy (non-hydrogen) atoms. The smallest absolute Gasteiger partial charge is 0.339 e. The molecule has 0 aliphatic carbocycles. The molecule has 0 aliphatic rings. The van der Waals surface area contributed by atoms with Gasteiger partial charge in [-0.2, -0.15) is 0 Å². The highest BCUT2D eigenvalue weighted by atomic mass is 16.4. The number of carbonyl (C=O) groups is 1. The van der Waals surface area contributed by atoms with Crippen LogP contribution < -0.4 is 0 Å². The molecule has 0 rings (SSSR count). The summed E-state index contributed by atoms with van der Waals surface area (Å²) < 4.78 is 0. The molecule has 0 radical (unpaired) electrons. The number of rotatable bonds is 5. The van der Waals surface area contributed by atoms with E-state index >= 15 is 0 Å². The van der Waals surface area contributed by atoms with E-state index in [2.05, 4.69) is 0 Å². The molecule has 0 aromatic carbocycles. The number of aliphatic carboxylic acids is 1. The summed E-state index contributed by atoms with van der Waals surface area (Å²) in [6.45, 7) is 5.10. The van der Waals surface area contributed by atoms with Crippen molar-refractivity contribution in [2.45, 2.75) is 45.6 Å². The van der Waals surface area contributed by atoms with Crippen LogP contribution in [0.25, 0.3) is 0 Å². The van der Waals surface area contributed by atoms with Crippen LogP contribution in [0.2, 0.25) is 0 Å². The van der Waals surface area contributed by atoms with Gasteiger partial charge in [-0.1, -0.05) is 19.4 Å². The van der Waals surface area contributed by atoms with Crippen LogP contribution in [-0.4, -0.2) is 21.8 Å². The summed E-state index contributed by atoms with van der Waals surface area (Å²) in [5.41, 5.74) is -1.12. The first-order valence-corrected chi connectivity index (χ1v) is 4.58. The summed E-state index contributed by atoms with van der Waals surface area (Å²) in [5.74, 6) is -1.18. The zero-order valence-electron chi connectivity index (χ0n) is 8.50. The fraction of sp³-hybridized carbons (Fsp3) is 0.700. The third kappa shape index (κ3) is 3.19. The average Bonchev–Trinajstić information content (AvgIpc) is 2.05. The normalized spacial score (nSPS) is 16.8. The van der Waals surface area contributed by atoms with Gasteiger partial charge in [-0.05, 0) is 32.3 Å². The summed E-state index contributed by atoms with van der Waals surface area (Å²) in [7, 11) is 0. The second-order valence-corrected chi connectivity index (χ2v) is 3.29. The standard InChI is InChI=1S/C10H18O3/c1-4-6-7-8(5-2)10(3,13)9(11)12/h5,13H,4,6-7H2,1-3H3,(H,11,12). The molecular weight excluding hydrogens is 168 g/mol. The molecule has 0 saturated heterocycles. The van der Waals surface area contributed by atoms with Gasteiger partial charge in [0, 0.05) is 0 Å². The van der Waals surface area contributed by atoms with E-state index in [0.29, 0.717) is 12.0 Å². The maximum atomic E-state index is 10.7. The Hall–Kier alpha value is -0.830. The van der Waals surface area contributed by atoms with Crippen molar-refractivity contribution in [2.24, 2.45) is 0 Å². The van der Waals surface area contributed by atoms with Crippen LogP contribution in [0.15, 0.2) is 11.6 Å². The van der Waals surface area contributed by atoms with Crippen LogP contribution in [0, 0.1) is 0 Å². The molecule has 0 heterocycles. The quantitative estimate of drug-likeness (QED) is 0.645. The first-order valence-electron chi connectivity index (χ1n) is 4.58. The van der Waals surface area contributed by atoms with Crippen molar-refractivity contribution in [1.29, 1.82) is 0 Å². The van der Waals surface area contributed by atoms with Gasteiger partial charge in [0.1, 0.15) is 0 Å². The molecule has 3 nitrogen and oxygen atoms in total. The summed E-state index contributed by atoms with van der Waals surface area (Å²) in [4.78, 5) is 10.7. The van der Waals surface area contributed by atoms with E-state index in [1.165, 1.54) is 6.92 Å². The molecule has 0 spiro atoms. The Morgan fingerprint density at radius 3 is 2.38 bits per heavy atom. The number of hydrogen-bond acceptors (Lipinski definition) is 2. The van der Waals surface area contributed by atoms with Crippen molar-refractivity contribution in [1.82, 2.24) is 0 Å². The first kappa shape index (κ1) is 12.2. The summed E-state index contributed by atoms with van der Waals surface area (Å²) in [6, 6.07) is 0. The molecule has 0 saturated carbocycles. The SMILES string of the molecule is CC=C(CCCC)C(C)(O)C(=O)O. The lowest BCUT2D eigenvalue weighted by Crippen LogP contribution is -2.37. The van der Waals surface area contributed by atoms with E-state index in [4.69, 9.17) is 5.11 Å². The van der Waals surface area contributed by atoms with Gasteiger partial charge in [0.2, 0.25) is 0 Å². The fourth-order valence-electron chi connectivity index (χ4n) is 1.17. The van der Waals surface area contributed by atoms with E-state index in [1.807, 2.05) is 6.92 Å². The Labute approximate surface area is 79.1 Å². The number of carboxylic acid groups (broad SMARTS) is 1. The summed E-state index contributed by atoms with van der Waals surface area (Å²) in [6.07, 6.45) is 4.23. The Morgan fingerprint density at radius 2 is 2.08 bits per heavy atom. The number of allylic oxidation sites excluding steroid dienone is 1. The first-order chi connectivity index (χ1) is 5.96. The van der Waals surface area contributed by atoms with Gasteiger partial charge < -0.3 is 10.2 Å². The Bertz CT molecular complexity index is 204. The number of unbranched alkanes of at least 4 members (excludes halogenated alkanes) is 1. The largest absolute Gasteiger partial charge is 0.479 e. The average molecular weight is 186 g/mol. The minimum atomic E-state index is -1.70. The highest BCUT2D eigenvalue weighted by molar-refractivity contribution is 5.80. The minimum Gasteiger partial charge on any atom is -0.479 e. The van der Waals surface area contributed by atoms with E-state index in [9.17, 15) is 9.90 Å². The molecule has 0 aliphatic heterocycles. The second kappa shape index (κ2) is 5.02. The molecular formula is C10H18O3. The lowest BCUT2D eigenvalue weighted by Gasteiger charge is -2.21. The molecule has 2 N–H and O–H groups in total. The van der Waals surface area contributed by atoms with Crippen molar-refractivity contribution in [3.8, 4) is 0 Å². The molecule has 0 amide bonds. The van der Waals surface area contributed by atoms with Crippen molar-refractivity contribution in [3.63, 3.8) is 0 Å². The van der Waals surface area contributed by atoms with E-state index < -0.39 is 11.6 Å². The Morgan fingerprint density at radius 1 is 1.54 bits per heavy atom. The van der Waals surface area contributed by atoms with Crippen LogP contribution >= 0.6 is 0 Å². The third-order valence-corrected chi connectivity index (χ3v) is 2.19. The van der Waals surface area contributed by atoms with Crippen molar-refractivity contribution in [2.75, 3.05) is 0 Å². The molecule has 0 aromatic heterocycles. The topological polar surface area (TPSA) is 57.5 Å². The lowest BCUT2D eigenvalue weighted by molar-refractivity contribution is -0.153. The molecule has 1 unspecified atom stereocenters. The number of aliphatic hydroxyl groups is 1. The van der Waals surface area contributed by atoms with Crippen molar-refractivity contribution in [3.05, 3.63) is 11.6 Å². The predicted molar refractivity (Wildman–Crippen MR) is 51.5 cm³/mol. The van der Waals surface area contributed by atoms with E-state index in [0.717, 1.165) is 12.8 Å². The second-order valence-electron chi connectivity index (χ2n) is 3.29. The van der Waals surface area contributed by atoms with E-state index in [1.54, 1.807) is 13.0 Å².